The van der Waals surface area contributed by atoms with Crippen LogP contribution in [0.2, 0.25) is 10.0 Å². The van der Waals surface area contributed by atoms with Crippen LogP contribution in [0.3, 0.4) is 0 Å². The molecule has 0 saturated heterocycles. The van der Waals surface area contributed by atoms with Crippen LogP contribution in [-0.2, 0) is 0 Å². The van der Waals surface area contributed by atoms with Crippen LogP contribution >= 0.6 is 23.2 Å². The summed E-state index contributed by atoms with van der Waals surface area (Å²) in [5.41, 5.74) is 2.77. The number of halogens is 2. The van der Waals surface area contributed by atoms with Gasteiger partial charge in [0.05, 0.1) is 10.0 Å². The van der Waals surface area contributed by atoms with E-state index in [2.05, 4.69) is 4.98 Å². The third-order valence-electron chi connectivity index (χ3n) is 2.53. The van der Waals surface area contributed by atoms with Crippen molar-refractivity contribution in [2.75, 3.05) is 0 Å². The van der Waals surface area contributed by atoms with E-state index in [1.165, 1.54) is 0 Å². The molecule has 0 aliphatic heterocycles. The van der Waals surface area contributed by atoms with Crippen LogP contribution in [0.1, 0.15) is 27.3 Å². The Morgan fingerprint density at radius 2 is 1.56 bits per heavy atom. The molecule has 0 N–H and O–H groups in total. The van der Waals surface area contributed by atoms with Gasteiger partial charge in [0.1, 0.15) is 0 Å². The Labute approximate surface area is 116 Å². The fourth-order valence-corrected chi connectivity index (χ4v) is 2.07. The van der Waals surface area contributed by atoms with Gasteiger partial charge in [0.25, 0.3) is 0 Å². The molecule has 0 atom stereocenters. The first-order valence-electron chi connectivity index (χ1n) is 5.42. The summed E-state index contributed by atoms with van der Waals surface area (Å²) < 4.78 is 0. The molecule has 0 radical (unpaired) electrons. The quantitative estimate of drug-likeness (QED) is 0.770. The summed E-state index contributed by atoms with van der Waals surface area (Å²) in [5, 5.41) is 0.820. The van der Waals surface area contributed by atoms with Crippen molar-refractivity contribution in [1.29, 1.82) is 0 Å². The van der Waals surface area contributed by atoms with Crippen molar-refractivity contribution in [3.63, 3.8) is 0 Å². The van der Waals surface area contributed by atoms with Crippen LogP contribution in [0.5, 0.6) is 0 Å². The van der Waals surface area contributed by atoms with Crippen molar-refractivity contribution in [3.8, 4) is 0 Å². The topological polar surface area (TPSA) is 30.0 Å². The molecule has 0 amide bonds. The second kappa shape index (κ2) is 5.09. The number of carbonyl (C=O) groups is 1. The molecule has 0 spiro atoms. The lowest BCUT2D eigenvalue weighted by molar-refractivity contribution is 0.103. The van der Waals surface area contributed by atoms with Gasteiger partial charge in [-0.3, -0.25) is 9.78 Å². The first-order chi connectivity index (χ1) is 8.47. The van der Waals surface area contributed by atoms with E-state index in [0.717, 1.165) is 11.4 Å². The summed E-state index contributed by atoms with van der Waals surface area (Å²) in [5.74, 6) is -0.0813. The van der Waals surface area contributed by atoms with Gasteiger partial charge in [-0.25, -0.2) is 0 Å². The standard InChI is InChI=1S/C14H11Cl2NO/c1-8-5-11(6-9(2)17-8)14(18)10-3-4-12(15)13(16)7-10/h3-7H,1-2H3. The monoisotopic (exact) mass is 279 g/mol. The van der Waals surface area contributed by atoms with E-state index in [-0.39, 0.29) is 5.78 Å². The van der Waals surface area contributed by atoms with Crippen LogP contribution in [-0.4, -0.2) is 10.8 Å². The van der Waals surface area contributed by atoms with Gasteiger partial charge in [-0.2, -0.15) is 0 Å². The van der Waals surface area contributed by atoms with Crippen LogP contribution in [0, 0.1) is 13.8 Å². The molecule has 0 aliphatic rings. The number of aromatic nitrogens is 1. The molecule has 1 aromatic heterocycles. The van der Waals surface area contributed by atoms with Gasteiger partial charge < -0.3 is 0 Å². The zero-order valence-electron chi connectivity index (χ0n) is 10.00. The van der Waals surface area contributed by atoms with Crippen molar-refractivity contribution >= 4 is 29.0 Å². The van der Waals surface area contributed by atoms with Crippen LogP contribution < -0.4 is 0 Å². The molecule has 0 aliphatic carbocycles. The highest BCUT2D eigenvalue weighted by Crippen LogP contribution is 2.24. The lowest BCUT2D eigenvalue weighted by Crippen LogP contribution is -2.03. The van der Waals surface area contributed by atoms with E-state index < -0.39 is 0 Å². The van der Waals surface area contributed by atoms with Gasteiger partial charge in [0.2, 0.25) is 0 Å². The Hall–Kier alpha value is -1.38. The zero-order chi connectivity index (χ0) is 13.3. The predicted octanol–water partition coefficient (Wildman–Crippen LogP) is 4.24. The Balaban J connectivity index is 2.44. The summed E-state index contributed by atoms with van der Waals surface area (Å²) in [6.45, 7) is 3.72. The molecule has 4 heteroatoms. The van der Waals surface area contributed by atoms with Crippen molar-refractivity contribution in [2.24, 2.45) is 0 Å². The van der Waals surface area contributed by atoms with Crippen LogP contribution in [0.15, 0.2) is 30.3 Å². The van der Waals surface area contributed by atoms with Gasteiger partial charge >= 0.3 is 0 Å². The smallest absolute Gasteiger partial charge is 0.193 e. The summed E-state index contributed by atoms with van der Waals surface area (Å²) in [7, 11) is 0. The number of hydrogen-bond donors (Lipinski definition) is 0. The molecule has 0 saturated carbocycles. The number of carbonyl (C=O) groups excluding carboxylic acids is 1. The predicted molar refractivity (Wildman–Crippen MR) is 73.6 cm³/mol. The van der Waals surface area contributed by atoms with Crippen molar-refractivity contribution in [2.45, 2.75) is 13.8 Å². The normalized spacial score (nSPS) is 10.4. The highest BCUT2D eigenvalue weighted by molar-refractivity contribution is 6.42. The molecule has 92 valence electrons. The number of aryl methyl sites for hydroxylation is 2. The summed E-state index contributed by atoms with van der Waals surface area (Å²) in [6.07, 6.45) is 0. The maximum atomic E-state index is 12.3. The largest absolute Gasteiger partial charge is 0.289 e. The lowest BCUT2D eigenvalue weighted by atomic mass is 10.0. The van der Waals surface area contributed by atoms with E-state index in [1.807, 2.05) is 13.8 Å². The first kappa shape index (κ1) is 13.1. The number of hydrogen-bond acceptors (Lipinski definition) is 2. The highest BCUT2D eigenvalue weighted by atomic mass is 35.5. The van der Waals surface area contributed by atoms with Crippen molar-refractivity contribution in [3.05, 3.63) is 62.9 Å². The maximum Gasteiger partial charge on any atom is 0.193 e. The molecular weight excluding hydrogens is 269 g/mol. The van der Waals surface area contributed by atoms with E-state index in [0.29, 0.717) is 21.2 Å². The summed E-state index contributed by atoms with van der Waals surface area (Å²) >= 11 is 11.7. The number of ketones is 1. The third kappa shape index (κ3) is 2.71. The SMILES string of the molecule is Cc1cc(C(=O)c2ccc(Cl)c(Cl)c2)cc(C)n1. The fourth-order valence-electron chi connectivity index (χ4n) is 1.77. The summed E-state index contributed by atoms with van der Waals surface area (Å²) in [6, 6.07) is 8.40. The van der Waals surface area contributed by atoms with Gasteiger partial charge in [-0.05, 0) is 44.2 Å². The Bertz CT molecular complexity index is 603. The number of benzene rings is 1. The van der Waals surface area contributed by atoms with E-state index >= 15 is 0 Å². The highest BCUT2D eigenvalue weighted by Gasteiger charge is 2.11. The minimum absolute atomic E-state index is 0.0813. The van der Waals surface area contributed by atoms with E-state index in [9.17, 15) is 4.79 Å². The number of pyridine rings is 1. The Kier molecular flexibility index (Phi) is 3.69. The van der Waals surface area contributed by atoms with Crippen molar-refractivity contribution < 1.29 is 4.79 Å². The summed E-state index contributed by atoms with van der Waals surface area (Å²) in [4.78, 5) is 16.5. The van der Waals surface area contributed by atoms with Crippen LogP contribution in [0.25, 0.3) is 0 Å². The molecule has 18 heavy (non-hydrogen) atoms. The Morgan fingerprint density at radius 3 is 2.11 bits per heavy atom. The first-order valence-corrected chi connectivity index (χ1v) is 6.18. The second-order valence-corrected chi connectivity index (χ2v) is 4.91. The number of rotatable bonds is 2. The average Bonchev–Trinajstić information content (AvgIpc) is 2.30. The van der Waals surface area contributed by atoms with Crippen molar-refractivity contribution in [1.82, 2.24) is 4.98 Å². The molecule has 0 fully saturated rings. The van der Waals surface area contributed by atoms with Gasteiger partial charge in [0.15, 0.2) is 5.78 Å². The molecular formula is C14H11Cl2NO. The van der Waals surface area contributed by atoms with E-state index in [4.69, 9.17) is 23.2 Å². The maximum absolute atomic E-state index is 12.3. The molecule has 2 nitrogen and oxygen atoms in total. The molecule has 1 heterocycles. The molecule has 0 unspecified atom stereocenters. The van der Waals surface area contributed by atoms with Gasteiger partial charge in [-0.15, -0.1) is 0 Å². The molecule has 1 aromatic carbocycles. The number of nitrogens with zero attached hydrogens (tertiary/aromatic N) is 1. The Morgan fingerprint density at radius 1 is 0.944 bits per heavy atom. The van der Waals surface area contributed by atoms with E-state index in [1.54, 1.807) is 30.3 Å². The molecule has 2 rings (SSSR count). The average molecular weight is 280 g/mol. The fraction of sp³-hybridized carbons (Fsp3) is 0.143. The second-order valence-electron chi connectivity index (χ2n) is 4.10. The van der Waals surface area contributed by atoms with Gasteiger partial charge in [0, 0.05) is 22.5 Å². The lowest BCUT2D eigenvalue weighted by Gasteiger charge is -2.05. The molecule has 2 aromatic rings. The third-order valence-corrected chi connectivity index (χ3v) is 3.26. The minimum atomic E-state index is -0.0813. The van der Waals surface area contributed by atoms with Gasteiger partial charge in [-0.1, -0.05) is 23.2 Å². The van der Waals surface area contributed by atoms with Crippen LogP contribution in [0.4, 0.5) is 0 Å². The zero-order valence-corrected chi connectivity index (χ0v) is 11.5. The molecule has 0 bridgehead atoms. The minimum Gasteiger partial charge on any atom is -0.289 e.